The van der Waals surface area contributed by atoms with E-state index in [0.717, 1.165) is 43.8 Å². The van der Waals surface area contributed by atoms with E-state index < -0.39 is 0 Å². The number of hydrogen-bond acceptors (Lipinski definition) is 4. The molecule has 2 fully saturated rings. The van der Waals surface area contributed by atoms with Gasteiger partial charge >= 0.3 is 0 Å². The van der Waals surface area contributed by atoms with Crippen LogP contribution < -0.4 is 4.74 Å². The van der Waals surface area contributed by atoms with E-state index >= 15 is 0 Å². The topological polar surface area (TPSA) is 43.2 Å². The summed E-state index contributed by atoms with van der Waals surface area (Å²) in [4.78, 5) is 12.0. The minimum atomic E-state index is 0.0779. The predicted octanol–water partition coefficient (Wildman–Crippen LogP) is 5.27. The maximum Gasteiger partial charge on any atom is 0.213 e. The van der Waals surface area contributed by atoms with Crippen molar-refractivity contribution in [1.29, 1.82) is 0 Å². The Bertz CT molecular complexity index is 1220. The van der Waals surface area contributed by atoms with Gasteiger partial charge in [-0.25, -0.2) is 9.97 Å². The number of ether oxygens (including phenoxy) is 1. The summed E-state index contributed by atoms with van der Waals surface area (Å²) in [6.07, 6.45) is 4.04. The molecule has 5 heteroatoms. The first-order valence-corrected chi connectivity index (χ1v) is 12.0. The molecule has 0 radical (unpaired) electrons. The molecule has 1 aliphatic heterocycles. The van der Waals surface area contributed by atoms with E-state index in [4.69, 9.17) is 9.72 Å². The van der Waals surface area contributed by atoms with Gasteiger partial charge in [-0.2, -0.15) is 0 Å². The second kappa shape index (κ2) is 8.64. The number of aromatic nitrogens is 3. The van der Waals surface area contributed by atoms with Gasteiger partial charge < -0.3 is 9.30 Å². The molecule has 4 aromatic rings. The zero-order valence-electron chi connectivity index (χ0n) is 19.0. The number of aryl methyl sites for hydroxylation is 1. The third-order valence-electron chi connectivity index (χ3n) is 7.42. The summed E-state index contributed by atoms with van der Waals surface area (Å²) < 4.78 is 9.01. The van der Waals surface area contributed by atoms with Crippen LogP contribution in [0.2, 0.25) is 0 Å². The van der Waals surface area contributed by atoms with Gasteiger partial charge in [0.2, 0.25) is 5.88 Å². The molecule has 0 N–H and O–H groups in total. The maximum absolute atomic E-state index is 6.58. The van der Waals surface area contributed by atoms with Crippen LogP contribution in [0.1, 0.15) is 30.3 Å². The number of rotatable bonds is 5. The summed E-state index contributed by atoms with van der Waals surface area (Å²) in [5.74, 6) is 3.09. The van der Waals surface area contributed by atoms with Crippen molar-refractivity contribution < 1.29 is 4.74 Å². The second-order valence-electron chi connectivity index (χ2n) is 9.58. The van der Waals surface area contributed by atoms with Crippen molar-refractivity contribution in [3.63, 3.8) is 0 Å². The Balaban J connectivity index is 1.30. The molecule has 0 spiro atoms. The predicted molar refractivity (Wildman–Crippen MR) is 130 cm³/mol. The molecule has 4 atom stereocenters. The molecule has 5 nitrogen and oxygen atoms in total. The van der Waals surface area contributed by atoms with Crippen LogP contribution in [0, 0.1) is 18.8 Å². The Morgan fingerprint density at radius 3 is 2.45 bits per heavy atom. The molecule has 2 aromatic heterocycles. The average Bonchev–Trinajstić information content (AvgIpc) is 3.38. The lowest BCUT2D eigenvalue weighted by Crippen LogP contribution is -2.40. The minimum Gasteiger partial charge on any atom is -0.472 e. The highest BCUT2D eigenvalue weighted by Gasteiger charge is 2.44. The van der Waals surface area contributed by atoms with E-state index in [9.17, 15) is 0 Å². The van der Waals surface area contributed by atoms with Crippen LogP contribution >= 0.6 is 0 Å². The molecular weight excluding hydrogens is 408 g/mol. The molecular formula is C28H30N4O. The zero-order valence-corrected chi connectivity index (χ0v) is 19.0. The van der Waals surface area contributed by atoms with Gasteiger partial charge in [-0.1, -0.05) is 48.5 Å². The van der Waals surface area contributed by atoms with Gasteiger partial charge in [0, 0.05) is 31.9 Å². The van der Waals surface area contributed by atoms with Gasteiger partial charge in [0.1, 0.15) is 11.9 Å². The molecule has 2 aliphatic rings. The van der Waals surface area contributed by atoms with Gasteiger partial charge in [0.05, 0.1) is 17.1 Å². The van der Waals surface area contributed by atoms with Crippen LogP contribution in [0.4, 0.5) is 0 Å². The summed E-state index contributed by atoms with van der Waals surface area (Å²) >= 11 is 0. The van der Waals surface area contributed by atoms with Gasteiger partial charge in [-0.15, -0.1) is 0 Å². The Kier molecular flexibility index (Phi) is 5.35. The molecule has 3 heterocycles. The highest BCUT2D eigenvalue weighted by Crippen LogP contribution is 2.44. The van der Waals surface area contributed by atoms with Crippen molar-refractivity contribution in [3.05, 3.63) is 90.4 Å². The summed E-state index contributed by atoms with van der Waals surface area (Å²) in [5, 5.41) is 0. The number of hydrogen-bond donors (Lipinski definition) is 0. The van der Waals surface area contributed by atoms with Gasteiger partial charge in [-0.05, 0) is 55.4 Å². The molecule has 0 amide bonds. The monoisotopic (exact) mass is 438 g/mol. The number of pyridine rings is 1. The summed E-state index contributed by atoms with van der Waals surface area (Å²) in [6, 6.07) is 25.5. The maximum atomic E-state index is 6.58. The van der Waals surface area contributed by atoms with Crippen LogP contribution in [0.3, 0.4) is 0 Å². The first kappa shape index (κ1) is 20.4. The summed E-state index contributed by atoms with van der Waals surface area (Å²) in [6.45, 7) is 5.44. The lowest BCUT2D eigenvalue weighted by atomic mass is 9.77. The quantitative estimate of drug-likeness (QED) is 0.426. The molecule has 6 rings (SSSR count). The third-order valence-corrected chi connectivity index (χ3v) is 7.42. The van der Waals surface area contributed by atoms with Gasteiger partial charge in [0.25, 0.3) is 0 Å². The van der Waals surface area contributed by atoms with Crippen LogP contribution in [0.5, 0.6) is 5.88 Å². The first-order valence-electron chi connectivity index (χ1n) is 12.0. The van der Waals surface area contributed by atoms with E-state index in [1.807, 2.05) is 24.4 Å². The number of para-hydroxylation sites is 2. The van der Waals surface area contributed by atoms with Crippen LogP contribution in [0.25, 0.3) is 11.0 Å². The number of nitrogens with zero attached hydrogens (tertiary/aromatic N) is 4. The Hall–Kier alpha value is -3.18. The number of fused-ring (bicyclic) bond motifs is 2. The average molecular weight is 439 g/mol. The fourth-order valence-corrected chi connectivity index (χ4v) is 6.01. The Morgan fingerprint density at radius 1 is 0.879 bits per heavy atom. The highest BCUT2D eigenvalue weighted by atomic mass is 16.5. The molecule has 33 heavy (non-hydrogen) atoms. The third kappa shape index (κ3) is 4.02. The fourth-order valence-electron chi connectivity index (χ4n) is 6.01. The van der Waals surface area contributed by atoms with Crippen molar-refractivity contribution in [2.75, 3.05) is 13.1 Å². The van der Waals surface area contributed by atoms with Gasteiger partial charge in [0.15, 0.2) is 0 Å². The lowest BCUT2D eigenvalue weighted by Gasteiger charge is -2.39. The van der Waals surface area contributed by atoms with Crippen LogP contribution in [-0.2, 0) is 6.54 Å². The van der Waals surface area contributed by atoms with E-state index in [0.29, 0.717) is 17.7 Å². The van der Waals surface area contributed by atoms with Crippen molar-refractivity contribution in [2.24, 2.45) is 11.8 Å². The highest BCUT2D eigenvalue weighted by molar-refractivity contribution is 5.76. The number of benzene rings is 2. The van der Waals surface area contributed by atoms with Crippen molar-refractivity contribution in [3.8, 4) is 5.88 Å². The van der Waals surface area contributed by atoms with Crippen molar-refractivity contribution in [1.82, 2.24) is 19.4 Å². The number of imidazole rings is 1. The zero-order chi connectivity index (χ0) is 22.2. The molecule has 0 unspecified atom stereocenters. The fraction of sp³-hybridized carbons (Fsp3) is 0.357. The lowest BCUT2D eigenvalue weighted by molar-refractivity contribution is 0.0522. The second-order valence-corrected chi connectivity index (χ2v) is 9.58. The summed E-state index contributed by atoms with van der Waals surface area (Å²) in [5.41, 5.74) is 3.66. The SMILES string of the molecule is Cc1nc2ccccc2n1[C@H]1C[C@H]2CN(Cc3ccccc3)C[C@H]2C[C@@H]1Oc1ccccn1. The van der Waals surface area contributed by atoms with E-state index in [1.165, 1.54) is 11.1 Å². The van der Waals surface area contributed by atoms with Crippen molar-refractivity contribution >= 4 is 11.0 Å². The molecule has 1 saturated heterocycles. The molecule has 2 aromatic carbocycles. The summed E-state index contributed by atoms with van der Waals surface area (Å²) in [7, 11) is 0. The van der Waals surface area contributed by atoms with Crippen LogP contribution in [-0.4, -0.2) is 38.6 Å². The molecule has 168 valence electrons. The smallest absolute Gasteiger partial charge is 0.213 e. The Morgan fingerprint density at radius 2 is 1.64 bits per heavy atom. The first-order chi connectivity index (χ1) is 16.2. The molecule has 1 aliphatic carbocycles. The van der Waals surface area contributed by atoms with E-state index in [2.05, 4.69) is 76.0 Å². The van der Waals surface area contributed by atoms with Gasteiger partial charge in [-0.3, -0.25) is 4.90 Å². The van der Waals surface area contributed by atoms with Crippen molar-refractivity contribution in [2.45, 2.75) is 38.5 Å². The van der Waals surface area contributed by atoms with E-state index in [1.54, 1.807) is 0 Å². The van der Waals surface area contributed by atoms with E-state index in [-0.39, 0.29) is 12.1 Å². The Labute approximate surface area is 195 Å². The standard InChI is InChI=1S/C28H30N4O/c1-20-30-24-11-5-6-12-25(24)32(20)26-15-22-18-31(17-21-9-3-2-4-10-21)19-23(22)16-27(26)33-28-13-7-8-14-29-28/h2-14,22-23,26-27H,15-19H2,1H3/t22-,23+,26-,27-/m0/s1. The van der Waals surface area contributed by atoms with Crippen LogP contribution in [0.15, 0.2) is 79.0 Å². The molecule has 0 bridgehead atoms. The number of likely N-dealkylation sites (tertiary alicyclic amines) is 1. The normalized spacial score (nSPS) is 25.2. The largest absolute Gasteiger partial charge is 0.472 e. The minimum absolute atomic E-state index is 0.0779. The molecule has 1 saturated carbocycles.